The van der Waals surface area contributed by atoms with E-state index in [1.54, 1.807) is 0 Å². The summed E-state index contributed by atoms with van der Waals surface area (Å²) in [5, 5.41) is 6.59. The second kappa shape index (κ2) is 4.22. The summed E-state index contributed by atoms with van der Waals surface area (Å²) in [5.74, 6) is -2.53. The van der Waals surface area contributed by atoms with Crippen molar-refractivity contribution in [2.24, 2.45) is 0 Å². The molecule has 9 heteroatoms. The molecule has 18 heavy (non-hydrogen) atoms. The number of carboxylic acids is 1. The first-order valence-electron chi connectivity index (χ1n) is 4.94. The van der Waals surface area contributed by atoms with Crippen LogP contribution in [-0.2, 0) is 24.2 Å². The molecule has 7 nitrogen and oxygen atoms in total. The number of carbonyl (C=O) groups is 2. The van der Waals surface area contributed by atoms with Crippen molar-refractivity contribution in [1.82, 2.24) is 4.90 Å². The van der Waals surface area contributed by atoms with E-state index in [-0.39, 0.29) is 17.9 Å². The lowest BCUT2D eigenvalue weighted by atomic mass is 10.1. The Balaban J connectivity index is 2.55. The molecule has 0 aromatic carbocycles. The van der Waals surface area contributed by atoms with Crippen molar-refractivity contribution in [3.63, 3.8) is 0 Å². The average Bonchev–Trinajstić information content (AvgIpc) is 2.26. The standard InChI is InChI=1S/C9H10ClNO6S/c1-17-2-4-3-18(15,16)8-5(10)7(12)11(8)6(4)9(13)14/h5,8H,2-3H2,1H3,(H,13,14)/t5-,8+/m0/s1. The highest BCUT2D eigenvalue weighted by Crippen LogP contribution is 2.39. The average molecular weight is 296 g/mol. The largest absolute Gasteiger partial charge is 0.477 e. The number of hydrogen-bond acceptors (Lipinski definition) is 5. The van der Waals surface area contributed by atoms with E-state index in [1.165, 1.54) is 7.11 Å². The molecule has 100 valence electrons. The van der Waals surface area contributed by atoms with Gasteiger partial charge in [-0.1, -0.05) is 0 Å². The van der Waals surface area contributed by atoms with E-state index in [0.717, 1.165) is 4.90 Å². The fourth-order valence-electron chi connectivity index (χ4n) is 2.11. The van der Waals surface area contributed by atoms with Gasteiger partial charge in [-0.05, 0) is 0 Å². The molecule has 2 aliphatic heterocycles. The predicted molar refractivity (Wildman–Crippen MR) is 60.6 cm³/mol. The summed E-state index contributed by atoms with van der Waals surface area (Å²) in [5.41, 5.74) is -0.281. The lowest BCUT2D eigenvalue weighted by molar-refractivity contribution is -0.146. The van der Waals surface area contributed by atoms with Crippen molar-refractivity contribution in [3.8, 4) is 0 Å². The number of aliphatic carboxylic acids is 1. The van der Waals surface area contributed by atoms with E-state index < -0.39 is 38.2 Å². The first kappa shape index (κ1) is 13.3. The summed E-state index contributed by atoms with van der Waals surface area (Å²) in [6.07, 6.45) is 0. The minimum Gasteiger partial charge on any atom is -0.477 e. The normalized spacial score (nSPS) is 29.9. The van der Waals surface area contributed by atoms with Crippen LogP contribution < -0.4 is 0 Å². The Morgan fingerprint density at radius 3 is 2.72 bits per heavy atom. The van der Waals surface area contributed by atoms with Crippen molar-refractivity contribution in [2.45, 2.75) is 10.8 Å². The van der Waals surface area contributed by atoms with Gasteiger partial charge in [0.2, 0.25) is 5.91 Å². The fraction of sp³-hybridized carbons (Fsp3) is 0.556. The Bertz CT molecular complexity index is 553. The van der Waals surface area contributed by atoms with Gasteiger partial charge in [0, 0.05) is 12.7 Å². The van der Waals surface area contributed by atoms with Gasteiger partial charge in [0.05, 0.1) is 12.4 Å². The number of amides is 1. The van der Waals surface area contributed by atoms with Gasteiger partial charge in [0.25, 0.3) is 0 Å². The maximum absolute atomic E-state index is 11.9. The van der Waals surface area contributed by atoms with Gasteiger partial charge < -0.3 is 9.84 Å². The van der Waals surface area contributed by atoms with Gasteiger partial charge in [0.15, 0.2) is 15.2 Å². The number of ether oxygens (including phenoxy) is 1. The minimum atomic E-state index is -3.67. The lowest BCUT2D eigenvalue weighted by Gasteiger charge is -2.46. The van der Waals surface area contributed by atoms with Crippen LogP contribution in [0.4, 0.5) is 0 Å². The van der Waals surface area contributed by atoms with Crippen molar-refractivity contribution in [1.29, 1.82) is 0 Å². The summed E-state index contributed by atoms with van der Waals surface area (Å²) < 4.78 is 28.6. The van der Waals surface area contributed by atoms with Gasteiger partial charge >= 0.3 is 5.97 Å². The summed E-state index contributed by atoms with van der Waals surface area (Å²) >= 11 is 5.64. The zero-order chi connectivity index (χ0) is 13.7. The van der Waals surface area contributed by atoms with Crippen molar-refractivity contribution in [3.05, 3.63) is 11.3 Å². The molecule has 2 heterocycles. The molecule has 0 aromatic heterocycles. The zero-order valence-corrected chi connectivity index (χ0v) is 10.9. The van der Waals surface area contributed by atoms with Crippen LogP contribution in [0.5, 0.6) is 0 Å². The third-order valence-corrected chi connectivity index (χ3v) is 5.36. The van der Waals surface area contributed by atoms with Gasteiger partial charge in [-0.15, -0.1) is 11.6 Å². The van der Waals surface area contributed by atoms with E-state index in [2.05, 4.69) is 0 Å². The number of hydrogen-bond donors (Lipinski definition) is 1. The summed E-state index contributed by atoms with van der Waals surface area (Å²) in [4.78, 5) is 23.4. The first-order chi connectivity index (χ1) is 8.31. The maximum atomic E-state index is 11.9. The Kier molecular flexibility index (Phi) is 3.12. The molecule has 0 saturated carbocycles. The number of fused-ring (bicyclic) bond motifs is 1. The highest BCUT2D eigenvalue weighted by Gasteiger charge is 2.59. The number of carbonyl (C=O) groups excluding carboxylic acids is 1. The Morgan fingerprint density at radius 2 is 2.22 bits per heavy atom. The van der Waals surface area contributed by atoms with Crippen molar-refractivity contribution >= 4 is 33.3 Å². The second-order valence-electron chi connectivity index (χ2n) is 4.00. The van der Waals surface area contributed by atoms with E-state index in [4.69, 9.17) is 21.4 Å². The van der Waals surface area contributed by atoms with Gasteiger partial charge in [-0.2, -0.15) is 0 Å². The minimum absolute atomic E-state index is 0.0539. The molecule has 0 spiro atoms. The molecular weight excluding hydrogens is 286 g/mol. The molecule has 2 rings (SSSR count). The van der Waals surface area contributed by atoms with Crippen molar-refractivity contribution < 1.29 is 27.9 Å². The number of β-lactam (4-membered cyclic amide) rings is 1. The Labute approximate surface area is 108 Å². The van der Waals surface area contributed by atoms with Crippen LogP contribution >= 0.6 is 11.6 Å². The third kappa shape index (κ3) is 1.72. The molecule has 0 unspecified atom stereocenters. The summed E-state index contributed by atoms with van der Waals surface area (Å²) in [6, 6.07) is 0. The van der Waals surface area contributed by atoms with E-state index in [0.29, 0.717) is 0 Å². The number of alkyl halides is 1. The summed E-state index contributed by atoms with van der Waals surface area (Å²) in [7, 11) is -2.36. The van der Waals surface area contributed by atoms with Crippen LogP contribution in [0.1, 0.15) is 0 Å². The highest BCUT2D eigenvalue weighted by molar-refractivity contribution is 7.92. The number of methoxy groups -OCH3 is 1. The fourth-order valence-corrected chi connectivity index (χ4v) is 4.69. The molecule has 1 amide bonds. The Hall–Kier alpha value is -1.12. The smallest absolute Gasteiger partial charge is 0.352 e. The van der Waals surface area contributed by atoms with E-state index in [9.17, 15) is 18.0 Å². The molecule has 0 aliphatic carbocycles. The van der Waals surface area contributed by atoms with E-state index >= 15 is 0 Å². The van der Waals surface area contributed by atoms with Crippen LogP contribution in [0.25, 0.3) is 0 Å². The molecule has 0 radical (unpaired) electrons. The molecule has 1 saturated heterocycles. The van der Waals surface area contributed by atoms with Crippen LogP contribution in [-0.4, -0.2) is 60.5 Å². The maximum Gasteiger partial charge on any atom is 0.352 e. The van der Waals surface area contributed by atoms with Crippen LogP contribution in [0.15, 0.2) is 11.3 Å². The molecule has 1 fully saturated rings. The van der Waals surface area contributed by atoms with Crippen LogP contribution in [0.3, 0.4) is 0 Å². The van der Waals surface area contributed by atoms with E-state index in [1.807, 2.05) is 0 Å². The number of nitrogens with zero attached hydrogens (tertiary/aromatic N) is 1. The molecule has 0 bridgehead atoms. The number of halogens is 1. The van der Waals surface area contributed by atoms with Crippen LogP contribution in [0.2, 0.25) is 0 Å². The second-order valence-corrected chi connectivity index (χ2v) is 6.57. The zero-order valence-electron chi connectivity index (χ0n) is 9.29. The molecule has 1 N–H and O–H groups in total. The number of sulfone groups is 1. The monoisotopic (exact) mass is 295 g/mol. The number of rotatable bonds is 3. The lowest BCUT2D eigenvalue weighted by Crippen LogP contribution is -2.68. The van der Waals surface area contributed by atoms with Crippen LogP contribution in [0, 0.1) is 0 Å². The van der Waals surface area contributed by atoms with Gasteiger partial charge in [-0.3, -0.25) is 9.69 Å². The quantitative estimate of drug-likeness (QED) is 0.539. The topological polar surface area (TPSA) is 101 Å². The van der Waals surface area contributed by atoms with Crippen molar-refractivity contribution in [2.75, 3.05) is 19.5 Å². The van der Waals surface area contributed by atoms with Gasteiger partial charge in [0.1, 0.15) is 11.1 Å². The molecule has 2 aliphatic rings. The number of carboxylic acid groups (broad SMARTS) is 1. The molecular formula is C9H10ClNO6S. The first-order valence-corrected chi connectivity index (χ1v) is 7.09. The summed E-state index contributed by atoms with van der Waals surface area (Å²) in [6.45, 7) is -0.162. The predicted octanol–water partition coefficient (Wildman–Crippen LogP) is -0.824. The van der Waals surface area contributed by atoms with Gasteiger partial charge in [-0.25, -0.2) is 13.2 Å². The SMILES string of the molecule is COCC1=C(C(=O)O)N2C(=O)[C@H](Cl)[C@H]2S(=O)(=O)C1. The molecule has 2 atom stereocenters. The Morgan fingerprint density at radius 1 is 1.61 bits per heavy atom. The molecule has 0 aromatic rings. The third-order valence-electron chi connectivity index (χ3n) is 2.82. The highest BCUT2D eigenvalue weighted by atomic mass is 35.5.